The van der Waals surface area contributed by atoms with Crippen molar-refractivity contribution in [2.45, 2.75) is 37.8 Å². The molecule has 0 aliphatic carbocycles. The number of benzene rings is 1. The van der Waals surface area contributed by atoms with Gasteiger partial charge in [-0.1, -0.05) is 23.7 Å². The number of halogens is 1. The number of aliphatic imine (C=N–C) groups is 1. The number of nitrogens with zero attached hydrogens (tertiary/aromatic N) is 4. The number of amides is 1. The lowest BCUT2D eigenvalue weighted by atomic mass is 9.86. The fourth-order valence-corrected chi connectivity index (χ4v) is 4.49. The molecule has 2 aliphatic heterocycles. The highest BCUT2D eigenvalue weighted by Crippen LogP contribution is 2.41. The molecule has 0 unspecified atom stereocenters. The minimum absolute atomic E-state index is 0.00609. The fourth-order valence-electron chi connectivity index (χ4n) is 4.11. The summed E-state index contributed by atoms with van der Waals surface area (Å²) in [7, 11) is 0. The largest absolute Gasteiger partial charge is 0.381 e. The van der Waals surface area contributed by atoms with Crippen molar-refractivity contribution in [3.05, 3.63) is 52.7 Å². The summed E-state index contributed by atoms with van der Waals surface area (Å²) in [6.07, 6.45) is 3.23. The van der Waals surface area contributed by atoms with Gasteiger partial charge >= 0.3 is 0 Å². The lowest BCUT2D eigenvalue weighted by Gasteiger charge is -2.40. The first kappa shape index (κ1) is 21.1. The van der Waals surface area contributed by atoms with Crippen molar-refractivity contribution in [2.24, 2.45) is 10.7 Å². The second-order valence-corrected chi connectivity index (χ2v) is 8.21. The van der Waals surface area contributed by atoms with Gasteiger partial charge in [0.05, 0.1) is 28.2 Å². The summed E-state index contributed by atoms with van der Waals surface area (Å²) >= 11 is 6.73. The summed E-state index contributed by atoms with van der Waals surface area (Å²) in [4.78, 5) is 23.6. The molecule has 9 heteroatoms. The molecule has 8 nitrogen and oxygen atoms in total. The second-order valence-electron chi connectivity index (χ2n) is 7.83. The first-order valence-corrected chi connectivity index (χ1v) is 10.5. The Bertz CT molecular complexity index is 1080. The van der Waals surface area contributed by atoms with Crippen molar-refractivity contribution in [1.29, 1.82) is 5.26 Å². The number of guanidine groups is 1. The maximum atomic E-state index is 13.1. The molecule has 1 aromatic heterocycles. The van der Waals surface area contributed by atoms with Crippen LogP contribution in [-0.2, 0) is 15.1 Å². The van der Waals surface area contributed by atoms with Crippen molar-refractivity contribution in [3.8, 4) is 6.07 Å². The van der Waals surface area contributed by atoms with Gasteiger partial charge in [0.15, 0.2) is 5.96 Å². The first-order chi connectivity index (χ1) is 14.9. The predicted molar refractivity (Wildman–Crippen MR) is 118 cm³/mol. The van der Waals surface area contributed by atoms with Crippen LogP contribution in [0.3, 0.4) is 0 Å². The van der Waals surface area contributed by atoms with E-state index in [1.165, 1.54) is 0 Å². The van der Waals surface area contributed by atoms with Crippen LogP contribution in [0.25, 0.3) is 0 Å². The molecule has 1 amide bonds. The maximum absolute atomic E-state index is 13.1. The van der Waals surface area contributed by atoms with E-state index in [1.807, 2.05) is 19.1 Å². The summed E-state index contributed by atoms with van der Waals surface area (Å²) in [5.41, 5.74) is 7.02. The number of rotatable bonds is 4. The van der Waals surface area contributed by atoms with E-state index in [4.69, 9.17) is 27.1 Å². The third-order valence-corrected chi connectivity index (χ3v) is 6.10. The molecule has 0 radical (unpaired) electrons. The predicted octanol–water partition coefficient (Wildman–Crippen LogP) is 3.29. The molecule has 0 saturated carbocycles. The van der Waals surface area contributed by atoms with Gasteiger partial charge in [-0.25, -0.2) is 9.98 Å². The summed E-state index contributed by atoms with van der Waals surface area (Å²) < 4.78 is 5.40. The summed E-state index contributed by atoms with van der Waals surface area (Å²) in [5.74, 6) is 0.534. The van der Waals surface area contributed by atoms with Crippen LogP contribution in [-0.4, -0.2) is 41.0 Å². The molecular formula is C22H23ClN6O2. The molecule has 0 spiro atoms. The average Bonchev–Trinajstić information content (AvgIpc) is 2.75. The molecule has 2 aromatic rings. The molecule has 160 valence electrons. The highest BCUT2D eigenvalue weighted by Gasteiger charge is 2.41. The van der Waals surface area contributed by atoms with Crippen LogP contribution in [0.15, 0.2) is 41.5 Å². The number of aromatic nitrogens is 1. The van der Waals surface area contributed by atoms with E-state index < -0.39 is 5.54 Å². The third-order valence-electron chi connectivity index (χ3n) is 5.69. The first-order valence-electron chi connectivity index (χ1n) is 10.1. The number of nitriles is 1. The maximum Gasteiger partial charge on any atom is 0.232 e. The van der Waals surface area contributed by atoms with E-state index in [0.29, 0.717) is 40.9 Å². The lowest BCUT2D eigenvalue weighted by molar-refractivity contribution is -0.132. The number of carbonyl (C=O) groups is 1. The highest BCUT2D eigenvalue weighted by atomic mass is 35.5. The van der Waals surface area contributed by atoms with Gasteiger partial charge in [0.25, 0.3) is 0 Å². The number of ether oxygens (including phenoxy) is 1. The summed E-state index contributed by atoms with van der Waals surface area (Å²) in [5, 5.41) is 12.8. The van der Waals surface area contributed by atoms with Crippen LogP contribution in [0.4, 0.5) is 11.5 Å². The topological polar surface area (TPSA) is 117 Å². The van der Waals surface area contributed by atoms with Crippen LogP contribution in [0.2, 0.25) is 5.02 Å². The Morgan fingerprint density at radius 1 is 1.32 bits per heavy atom. The monoisotopic (exact) mass is 438 g/mol. The molecule has 3 heterocycles. The number of nitrogens with two attached hydrogens (primary N) is 1. The second kappa shape index (κ2) is 8.53. The van der Waals surface area contributed by atoms with Crippen molar-refractivity contribution >= 4 is 35.0 Å². The van der Waals surface area contributed by atoms with Crippen molar-refractivity contribution in [1.82, 2.24) is 9.88 Å². The van der Waals surface area contributed by atoms with Crippen LogP contribution in [0.1, 0.15) is 37.3 Å². The number of pyridine rings is 1. The van der Waals surface area contributed by atoms with Crippen LogP contribution < -0.4 is 11.1 Å². The Kier molecular flexibility index (Phi) is 5.81. The molecule has 0 bridgehead atoms. The van der Waals surface area contributed by atoms with Crippen LogP contribution >= 0.6 is 11.6 Å². The normalized spacial score (nSPS) is 22.0. The van der Waals surface area contributed by atoms with Gasteiger partial charge in [-0.05, 0) is 38.0 Å². The third kappa shape index (κ3) is 4.07. The summed E-state index contributed by atoms with van der Waals surface area (Å²) in [6, 6.07) is 10.9. The van der Waals surface area contributed by atoms with Gasteiger partial charge < -0.3 is 15.8 Å². The van der Waals surface area contributed by atoms with E-state index in [-0.39, 0.29) is 24.3 Å². The van der Waals surface area contributed by atoms with Crippen molar-refractivity contribution < 1.29 is 9.53 Å². The molecule has 4 rings (SSSR count). The zero-order valence-electron chi connectivity index (χ0n) is 17.1. The van der Waals surface area contributed by atoms with Gasteiger partial charge in [0, 0.05) is 31.0 Å². The van der Waals surface area contributed by atoms with E-state index in [1.54, 1.807) is 29.3 Å². The van der Waals surface area contributed by atoms with Crippen molar-refractivity contribution in [2.75, 3.05) is 18.5 Å². The quantitative estimate of drug-likeness (QED) is 0.756. The number of hydrogen-bond donors (Lipinski definition) is 2. The number of carbonyl (C=O) groups excluding carboxylic acids is 1. The van der Waals surface area contributed by atoms with Gasteiger partial charge in [-0.3, -0.25) is 9.69 Å². The molecule has 2 aliphatic rings. The lowest BCUT2D eigenvalue weighted by Crippen LogP contribution is -2.55. The number of hydrogen-bond acceptors (Lipinski definition) is 7. The molecule has 1 fully saturated rings. The summed E-state index contributed by atoms with van der Waals surface area (Å²) in [6.45, 7) is 3.07. The molecule has 1 aromatic carbocycles. The standard InChI is InChI=1S/C22H23ClN6O2/c1-22(12-18(30)29(21(25)28-22)15-7-10-31-11-8-15)16-5-2-6-17(19(16)23)27-20-14(13-24)4-3-9-26-20/h2-6,9,15H,7-8,10-12H2,1H3,(H2,25,28)(H,26,27)/t22-/m0/s1. The smallest absolute Gasteiger partial charge is 0.232 e. The Hall–Kier alpha value is -3.15. The van der Waals surface area contributed by atoms with E-state index in [9.17, 15) is 10.1 Å². The molecular weight excluding hydrogens is 416 g/mol. The van der Waals surface area contributed by atoms with E-state index in [2.05, 4.69) is 16.4 Å². The van der Waals surface area contributed by atoms with Crippen LogP contribution in [0, 0.1) is 11.3 Å². The van der Waals surface area contributed by atoms with Gasteiger partial charge in [0.2, 0.25) is 5.91 Å². The number of nitrogens with one attached hydrogen (secondary N) is 1. The Balaban J connectivity index is 1.66. The zero-order chi connectivity index (χ0) is 22.0. The van der Waals surface area contributed by atoms with E-state index in [0.717, 1.165) is 12.8 Å². The molecule has 31 heavy (non-hydrogen) atoms. The highest BCUT2D eigenvalue weighted by molar-refractivity contribution is 6.34. The fraction of sp³-hybridized carbons (Fsp3) is 0.364. The van der Waals surface area contributed by atoms with Gasteiger partial charge in [-0.15, -0.1) is 0 Å². The molecule has 1 atom stereocenters. The Labute approximate surface area is 185 Å². The van der Waals surface area contributed by atoms with Gasteiger partial charge in [0.1, 0.15) is 11.9 Å². The number of anilines is 2. The average molecular weight is 439 g/mol. The van der Waals surface area contributed by atoms with Crippen LogP contribution in [0.5, 0.6) is 0 Å². The van der Waals surface area contributed by atoms with Gasteiger partial charge in [-0.2, -0.15) is 5.26 Å². The van der Waals surface area contributed by atoms with E-state index >= 15 is 0 Å². The molecule has 3 N–H and O–H groups in total. The molecule has 1 saturated heterocycles. The minimum atomic E-state index is -0.903. The Morgan fingerprint density at radius 2 is 2.10 bits per heavy atom. The Morgan fingerprint density at radius 3 is 2.81 bits per heavy atom. The van der Waals surface area contributed by atoms with Crippen molar-refractivity contribution in [3.63, 3.8) is 0 Å². The SMILES string of the molecule is C[C@@]1(c2cccc(Nc3ncccc3C#N)c2Cl)CC(=O)N(C2CCOCC2)C(N)=N1. The zero-order valence-corrected chi connectivity index (χ0v) is 17.9. The minimum Gasteiger partial charge on any atom is -0.381 e.